The first-order valence-corrected chi connectivity index (χ1v) is 6.97. The highest BCUT2D eigenvalue weighted by molar-refractivity contribution is 6.34. The molecule has 0 radical (unpaired) electrons. The van der Waals surface area contributed by atoms with Crippen molar-refractivity contribution in [1.82, 2.24) is 0 Å². The van der Waals surface area contributed by atoms with Crippen LogP contribution < -0.4 is 10.6 Å². The Kier molecular flexibility index (Phi) is 3.14. The van der Waals surface area contributed by atoms with Crippen LogP contribution in [0.15, 0.2) is 42.5 Å². The van der Waals surface area contributed by atoms with Crippen LogP contribution in [0, 0.1) is 5.41 Å². The number of benzene rings is 2. The molecule has 1 unspecified atom stereocenters. The maximum atomic E-state index is 7.49. The van der Waals surface area contributed by atoms with E-state index in [1.807, 2.05) is 18.2 Å². The second-order valence-electron chi connectivity index (χ2n) is 5.13. The van der Waals surface area contributed by atoms with Gasteiger partial charge in [0, 0.05) is 23.0 Å². The van der Waals surface area contributed by atoms with Crippen LogP contribution in [0.2, 0.25) is 5.02 Å². The summed E-state index contributed by atoms with van der Waals surface area (Å²) in [5.74, 6) is -0.00331. The van der Waals surface area contributed by atoms with Crippen LogP contribution in [0.5, 0.6) is 0 Å². The zero-order chi connectivity index (χ0) is 14.3. The summed E-state index contributed by atoms with van der Waals surface area (Å²) < 4.78 is 0. The Balaban J connectivity index is 2.06. The first-order chi connectivity index (χ1) is 9.58. The molecule has 0 aromatic heterocycles. The third-order valence-electron chi connectivity index (χ3n) is 3.73. The maximum Gasteiger partial charge on any atom is 0.124 e. The maximum absolute atomic E-state index is 7.49. The Labute approximate surface area is 123 Å². The third-order valence-corrected chi connectivity index (χ3v) is 4.04. The summed E-state index contributed by atoms with van der Waals surface area (Å²) in [6, 6.07) is 14.5. The summed E-state index contributed by atoms with van der Waals surface area (Å²) >= 11 is 6.23. The van der Waals surface area contributed by atoms with Gasteiger partial charge in [-0.25, -0.2) is 0 Å². The normalized spacial score (nSPS) is 17.1. The first kappa shape index (κ1) is 13.0. The van der Waals surface area contributed by atoms with E-state index in [1.54, 1.807) is 0 Å². The van der Waals surface area contributed by atoms with Gasteiger partial charge in [0.25, 0.3) is 0 Å². The molecule has 3 N–H and O–H groups in total. The van der Waals surface area contributed by atoms with E-state index in [9.17, 15) is 0 Å². The fourth-order valence-corrected chi connectivity index (χ4v) is 3.11. The highest BCUT2D eigenvalue weighted by Crippen LogP contribution is 2.39. The lowest BCUT2D eigenvalue weighted by Gasteiger charge is -2.25. The Morgan fingerprint density at radius 1 is 1.30 bits per heavy atom. The van der Waals surface area contributed by atoms with Crippen molar-refractivity contribution < 1.29 is 0 Å². The first-order valence-electron chi connectivity index (χ1n) is 6.59. The zero-order valence-corrected chi connectivity index (χ0v) is 12.0. The molecular weight excluding hydrogens is 270 g/mol. The number of nitrogens with zero attached hydrogens (tertiary/aromatic N) is 1. The third kappa shape index (κ3) is 2.04. The summed E-state index contributed by atoms with van der Waals surface area (Å²) in [5.41, 5.74) is 9.71. The van der Waals surface area contributed by atoms with Crippen LogP contribution in [-0.4, -0.2) is 11.9 Å². The molecule has 1 aliphatic heterocycles. The monoisotopic (exact) mass is 285 g/mol. The number of nitrogen functional groups attached to an aromatic ring is 1. The lowest BCUT2D eigenvalue weighted by molar-refractivity contribution is 0.759. The SMILES string of the molecule is CC1Cc2ccccc2N1c1ccc(C(=N)N)c(Cl)c1. The quantitative estimate of drug-likeness (QED) is 0.653. The molecule has 2 aromatic carbocycles. The van der Waals surface area contributed by atoms with Crippen molar-refractivity contribution in [1.29, 1.82) is 5.41 Å². The van der Waals surface area contributed by atoms with Gasteiger partial charge in [0.05, 0.1) is 5.02 Å². The molecule has 0 amide bonds. The van der Waals surface area contributed by atoms with Crippen molar-refractivity contribution in [3.05, 3.63) is 58.6 Å². The highest BCUT2D eigenvalue weighted by Gasteiger charge is 2.27. The minimum Gasteiger partial charge on any atom is -0.384 e. The number of fused-ring (bicyclic) bond motifs is 1. The molecular formula is C16H16ClN3. The Bertz CT molecular complexity index is 681. The van der Waals surface area contributed by atoms with Gasteiger partial charge in [-0.05, 0) is 43.2 Å². The van der Waals surface area contributed by atoms with Crippen molar-refractivity contribution in [2.75, 3.05) is 4.90 Å². The standard InChI is InChI=1S/C16H16ClN3/c1-10-8-11-4-2-3-5-15(11)20(10)12-6-7-13(16(18)19)14(17)9-12/h2-7,9-10H,8H2,1H3,(H3,18,19). The lowest BCUT2D eigenvalue weighted by atomic mass is 10.1. The number of anilines is 2. The van der Waals surface area contributed by atoms with Crippen LogP contribution >= 0.6 is 11.6 Å². The number of para-hydroxylation sites is 1. The van der Waals surface area contributed by atoms with Crippen molar-refractivity contribution in [3.8, 4) is 0 Å². The van der Waals surface area contributed by atoms with Crippen LogP contribution in [0.1, 0.15) is 18.1 Å². The van der Waals surface area contributed by atoms with Gasteiger partial charge in [0.15, 0.2) is 0 Å². The molecule has 0 fully saturated rings. The molecule has 0 bridgehead atoms. The van der Waals surface area contributed by atoms with E-state index in [2.05, 4.69) is 36.1 Å². The molecule has 0 saturated carbocycles. The molecule has 1 aliphatic rings. The van der Waals surface area contributed by atoms with E-state index in [-0.39, 0.29) is 5.84 Å². The van der Waals surface area contributed by atoms with Gasteiger partial charge in [0.1, 0.15) is 5.84 Å². The summed E-state index contributed by atoms with van der Waals surface area (Å²) in [7, 11) is 0. The Morgan fingerprint density at radius 3 is 2.75 bits per heavy atom. The minimum absolute atomic E-state index is 0.00331. The number of nitrogens with two attached hydrogens (primary N) is 1. The second kappa shape index (κ2) is 4.84. The van der Waals surface area contributed by atoms with E-state index in [0.717, 1.165) is 12.1 Å². The number of hydrogen-bond donors (Lipinski definition) is 2. The van der Waals surface area contributed by atoms with Gasteiger partial charge < -0.3 is 10.6 Å². The van der Waals surface area contributed by atoms with E-state index in [0.29, 0.717) is 16.6 Å². The number of amidine groups is 1. The Morgan fingerprint density at radius 2 is 2.05 bits per heavy atom. The van der Waals surface area contributed by atoms with E-state index in [4.69, 9.17) is 22.7 Å². The molecule has 1 heterocycles. The summed E-state index contributed by atoms with van der Waals surface area (Å²) in [5, 5.41) is 8.01. The van der Waals surface area contributed by atoms with Gasteiger partial charge in [-0.3, -0.25) is 5.41 Å². The van der Waals surface area contributed by atoms with Crippen LogP contribution in [0.3, 0.4) is 0 Å². The lowest BCUT2D eigenvalue weighted by Crippen LogP contribution is -2.24. The van der Waals surface area contributed by atoms with E-state index >= 15 is 0 Å². The molecule has 1 atom stereocenters. The summed E-state index contributed by atoms with van der Waals surface area (Å²) in [6.07, 6.45) is 1.03. The topological polar surface area (TPSA) is 53.1 Å². The molecule has 4 heteroatoms. The predicted octanol–water partition coefficient (Wildman–Crippen LogP) is 3.71. The van der Waals surface area contributed by atoms with Gasteiger partial charge in [0.2, 0.25) is 0 Å². The van der Waals surface area contributed by atoms with Crippen molar-refractivity contribution in [3.63, 3.8) is 0 Å². The van der Waals surface area contributed by atoms with E-state index in [1.165, 1.54) is 11.3 Å². The zero-order valence-electron chi connectivity index (χ0n) is 11.2. The predicted molar refractivity (Wildman–Crippen MR) is 84.2 cm³/mol. The molecule has 0 spiro atoms. The largest absolute Gasteiger partial charge is 0.384 e. The number of hydrogen-bond acceptors (Lipinski definition) is 2. The minimum atomic E-state index is -0.00331. The summed E-state index contributed by atoms with van der Waals surface area (Å²) in [4.78, 5) is 2.28. The summed E-state index contributed by atoms with van der Waals surface area (Å²) in [6.45, 7) is 2.20. The average Bonchev–Trinajstić information content (AvgIpc) is 2.73. The number of rotatable bonds is 2. The molecule has 2 aromatic rings. The molecule has 0 saturated heterocycles. The van der Waals surface area contributed by atoms with Gasteiger partial charge in [-0.2, -0.15) is 0 Å². The fraction of sp³-hybridized carbons (Fsp3) is 0.188. The van der Waals surface area contributed by atoms with Crippen molar-refractivity contribution >= 4 is 28.8 Å². The van der Waals surface area contributed by atoms with E-state index < -0.39 is 0 Å². The smallest absolute Gasteiger partial charge is 0.124 e. The van der Waals surface area contributed by atoms with Gasteiger partial charge >= 0.3 is 0 Å². The van der Waals surface area contributed by atoms with Gasteiger partial charge in [-0.15, -0.1) is 0 Å². The number of halogens is 1. The molecule has 102 valence electrons. The van der Waals surface area contributed by atoms with Crippen LogP contribution in [0.4, 0.5) is 11.4 Å². The highest BCUT2D eigenvalue weighted by atomic mass is 35.5. The Hall–Kier alpha value is -2.00. The molecule has 20 heavy (non-hydrogen) atoms. The second-order valence-corrected chi connectivity index (χ2v) is 5.54. The number of nitrogens with one attached hydrogen (secondary N) is 1. The fourth-order valence-electron chi connectivity index (χ4n) is 2.83. The molecule has 0 aliphatic carbocycles. The van der Waals surface area contributed by atoms with Gasteiger partial charge in [-0.1, -0.05) is 29.8 Å². The van der Waals surface area contributed by atoms with Crippen molar-refractivity contribution in [2.45, 2.75) is 19.4 Å². The van der Waals surface area contributed by atoms with Crippen LogP contribution in [-0.2, 0) is 6.42 Å². The molecule has 3 nitrogen and oxygen atoms in total. The van der Waals surface area contributed by atoms with Crippen LogP contribution in [0.25, 0.3) is 0 Å². The average molecular weight is 286 g/mol. The molecule has 3 rings (SSSR count). The van der Waals surface area contributed by atoms with Crippen molar-refractivity contribution in [2.24, 2.45) is 5.73 Å².